The molecule has 72 valence electrons. The molecule has 2 rings (SSSR count). The van der Waals surface area contributed by atoms with Crippen molar-refractivity contribution < 1.29 is 14.6 Å². The molecule has 2 heterocycles. The van der Waals surface area contributed by atoms with Gasteiger partial charge in [-0.1, -0.05) is 0 Å². The Hall–Kier alpha value is -1.97. The topological polar surface area (TPSA) is 50.9 Å². The van der Waals surface area contributed by atoms with Gasteiger partial charge in [0.05, 0.1) is 12.7 Å². The molecule has 0 aromatic carbocycles. The van der Waals surface area contributed by atoms with Gasteiger partial charge >= 0.3 is 5.97 Å². The largest absolute Gasteiger partial charge is 0.497 e. The molecule has 2 aromatic heterocycles. The zero-order valence-corrected chi connectivity index (χ0v) is 7.60. The van der Waals surface area contributed by atoms with Crippen LogP contribution in [0.4, 0.5) is 0 Å². The molecule has 4 nitrogen and oxygen atoms in total. The molecule has 0 bridgehead atoms. The third-order valence-corrected chi connectivity index (χ3v) is 2.05. The van der Waals surface area contributed by atoms with Crippen LogP contribution in [0.25, 0.3) is 5.52 Å². The zero-order chi connectivity index (χ0) is 10.1. The molecule has 0 radical (unpaired) electrons. The summed E-state index contributed by atoms with van der Waals surface area (Å²) in [5.74, 6) is -0.208. The van der Waals surface area contributed by atoms with Gasteiger partial charge < -0.3 is 14.2 Å². The van der Waals surface area contributed by atoms with Gasteiger partial charge in [0.15, 0.2) is 0 Å². The molecular weight excluding hydrogens is 182 g/mol. The molecule has 2 aromatic rings. The van der Waals surface area contributed by atoms with Crippen LogP contribution < -0.4 is 4.74 Å². The van der Waals surface area contributed by atoms with Crippen molar-refractivity contribution in [3.05, 3.63) is 36.2 Å². The number of hydrogen-bond donors (Lipinski definition) is 1. The van der Waals surface area contributed by atoms with Crippen LogP contribution in [-0.2, 0) is 0 Å². The van der Waals surface area contributed by atoms with E-state index in [1.54, 1.807) is 42.1 Å². The highest BCUT2D eigenvalue weighted by molar-refractivity contribution is 5.89. The standard InChI is InChI=1S/C10H9NO3/c1-14-9-2-3-11-6-7(10(12)13)4-8(11)5-9/h2-6H,1H3,(H,12,13). The lowest BCUT2D eigenvalue weighted by molar-refractivity contribution is 0.0697. The van der Waals surface area contributed by atoms with E-state index >= 15 is 0 Å². The molecule has 0 saturated heterocycles. The molecule has 4 heteroatoms. The number of carboxylic acids is 1. The highest BCUT2D eigenvalue weighted by atomic mass is 16.5. The van der Waals surface area contributed by atoms with E-state index in [1.165, 1.54) is 0 Å². The molecule has 0 aliphatic rings. The van der Waals surface area contributed by atoms with E-state index in [0.717, 1.165) is 5.52 Å². The monoisotopic (exact) mass is 191 g/mol. The quantitative estimate of drug-likeness (QED) is 0.785. The molecule has 0 aliphatic heterocycles. The Labute approximate surface area is 80.3 Å². The Kier molecular flexibility index (Phi) is 1.89. The van der Waals surface area contributed by atoms with Crippen molar-refractivity contribution >= 4 is 11.5 Å². The molecule has 1 N–H and O–H groups in total. The van der Waals surface area contributed by atoms with E-state index in [4.69, 9.17) is 9.84 Å². The van der Waals surface area contributed by atoms with E-state index < -0.39 is 5.97 Å². The predicted octanol–water partition coefficient (Wildman–Crippen LogP) is 1.65. The molecule has 0 spiro atoms. The van der Waals surface area contributed by atoms with Crippen LogP contribution in [-0.4, -0.2) is 22.6 Å². The summed E-state index contributed by atoms with van der Waals surface area (Å²) in [4.78, 5) is 10.7. The molecular formula is C10H9NO3. The van der Waals surface area contributed by atoms with Crippen LogP contribution in [0.1, 0.15) is 10.4 Å². The lowest BCUT2D eigenvalue weighted by Crippen LogP contribution is -1.91. The normalized spacial score (nSPS) is 10.4. The Morgan fingerprint density at radius 1 is 1.50 bits per heavy atom. The molecule has 0 atom stereocenters. The van der Waals surface area contributed by atoms with Crippen LogP contribution >= 0.6 is 0 Å². The van der Waals surface area contributed by atoms with Gasteiger partial charge in [-0.2, -0.15) is 0 Å². The number of aromatic nitrogens is 1. The maximum Gasteiger partial charge on any atom is 0.337 e. The summed E-state index contributed by atoms with van der Waals surface area (Å²) in [5, 5.41) is 8.77. The third-order valence-electron chi connectivity index (χ3n) is 2.05. The Morgan fingerprint density at radius 2 is 2.29 bits per heavy atom. The number of carbonyl (C=O) groups is 1. The third kappa shape index (κ3) is 1.31. The van der Waals surface area contributed by atoms with Gasteiger partial charge in [-0.3, -0.25) is 0 Å². The highest BCUT2D eigenvalue weighted by Crippen LogP contribution is 2.16. The van der Waals surface area contributed by atoms with Gasteiger partial charge in [-0.05, 0) is 12.1 Å². The summed E-state index contributed by atoms with van der Waals surface area (Å²) >= 11 is 0. The van der Waals surface area contributed by atoms with Crippen molar-refractivity contribution in [1.29, 1.82) is 0 Å². The number of carboxylic acid groups (broad SMARTS) is 1. The maximum absolute atomic E-state index is 10.7. The van der Waals surface area contributed by atoms with Crippen molar-refractivity contribution in [1.82, 2.24) is 4.40 Å². The minimum Gasteiger partial charge on any atom is -0.497 e. The first-order valence-corrected chi connectivity index (χ1v) is 4.10. The first-order chi connectivity index (χ1) is 6.70. The second kappa shape index (κ2) is 3.06. The summed E-state index contributed by atoms with van der Waals surface area (Å²) in [6.45, 7) is 0. The van der Waals surface area contributed by atoms with Gasteiger partial charge in [0.2, 0.25) is 0 Å². The number of ether oxygens (including phenoxy) is 1. The number of methoxy groups -OCH3 is 1. The maximum atomic E-state index is 10.7. The fraction of sp³-hybridized carbons (Fsp3) is 0.100. The lowest BCUT2D eigenvalue weighted by atomic mass is 10.3. The number of nitrogens with zero attached hydrogens (tertiary/aromatic N) is 1. The van der Waals surface area contributed by atoms with Gasteiger partial charge in [0, 0.05) is 24.0 Å². The molecule has 0 aliphatic carbocycles. The summed E-state index contributed by atoms with van der Waals surface area (Å²) in [5.41, 5.74) is 1.08. The highest BCUT2D eigenvalue weighted by Gasteiger charge is 2.06. The summed E-state index contributed by atoms with van der Waals surface area (Å²) in [6, 6.07) is 5.16. The number of rotatable bonds is 2. The van der Waals surface area contributed by atoms with Crippen LogP contribution in [0.2, 0.25) is 0 Å². The number of fused-ring (bicyclic) bond motifs is 1. The van der Waals surface area contributed by atoms with Crippen molar-refractivity contribution in [3.63, 3.8) is 0 Å². The van der Waals surface area contributed by atoms with E-state index in [9.17, 15) is 4.79 Å². The Balaban J connectivity index is 2.60. The smallest absolute Gasteiger partial charge is 0.337 e. The summed E-state index contributed by atoms with van der Waals surface area (Å²) < 4.78 is 6.77. The van der Waals surface area contributed by atoms with Crippen molar-refractivity contribution in [2.75, 3.05) is 7.11 Å². The SMILES string of the molecule is COc1ccn2cc(C(=O)O)cc2c1. The number of hydrogen-bond acceptors (Lipinski definition) is 2. The minimum atomic E-state index is -0.923. The molecule has 0 fully saturated rings. The lowest BCUT2D eigenvalue weighted by Gasteiger charge is -1.99. The van der Waals surface area contributed by atoms with Gasteiger partial charge in [0.25, 0.3) is 0 Å². The van der Waals surface area contributed by atoms with E-state index in [2.05, 4.69) is 0 Å². The molecule has 0 unspecified atom stereocenters. The van der Waals surface area contributed by atoms with Gasteiger partial charge in [0.1, 0.15) is 5.75 Å². The average Bonchev–Trinajstić information content (AvgIpc) is 2.59. The van der Waals surface area contributed by atoms with Crippen LogP contribution in [0.15, 0.2) is 30.6 Å². The average molecular weight is 191 g/mol. The Morgan fingerprint density at radius 3 is 2.93 bits per heavy atom. The molecule has 14 heavy (non-hydrogen) atoms. The number of pyridine rings is 1. The molecule has 0 saturated carbocycles. The summed E-state index contributed by atoms with van der Waals surface area (Å²) in [7, 11) is 1.58. The van der Waals surface area contributed by atoms with Crippen LogP contribution in [0.3, 0.4) is 0 Å². The van der Waals surface area contributed by atoms with Crippen molar-refractivity contribution in [2.45, 2.75) is 0 Å². The molecule has 0 amide bonds. The van der Waals surface area contributed by atoms with Crippen LogP contribution in [0, 0.1) is 0 Å². The van der Waals surface area contributed by atoms with Gasteiger partial charge in [-0.25, -0.2) is 4.79 Å². The number of aromatic carboxylic acids is 1. The summed E-state index contributed by atoms with van der Waals surface area (Å²) in [6.07, 6.45) is 3.33. The van der Waals surface area contributed by atoms with E-state index in [0.29, 0.717) is 5.75 Å². The minimum absolute atomic E-state index is 0.276. The fourth-order valence-electron chi connectivity index (χ4n) is 1.33. The van der Waals surface area contributed by atoms with E-state index in [-0.39, 0.29) is 5.56 Å². The second-order valence-corrected chi connectivity index (χ2v) is 2.93. The van der Waals surface area contributed by atoms with Crippen LogP contribution in [0.5, 0.6) is 5.75 Å². The van der Waals surface area contributed by atoms with Crippen molar-refractivity contribution in [3.8, 4) is 5.75 Å². The van der Waals surface area contributed by atoms with E-state index in [1.807, 2.05) is 0 Å². The predicted molar refractivity (Wildman–Crippen MR) is 50.9 cm³/mol. The fourth-order valence-corrected chi connectivity index (χ4v) is 1.33. The first kappa shape index (κ1) is 8.62. The second-order valence-electron chi connectivity index (χ2n) is 2.93. The first-order valence-electron chi connectivity index (χ1n) is 4.10. The van der Waals surface area contributed by atoms with Crippen molar-refractivity contribution in [2.24, 2.45) is 0 Å². The van der Waals surface area contributed by atoms with Gasteiger partial charge in [-0.15, -0.1) is 0 Å². The Bertz CT molecular complexity index is 487. The zero-order valence-electron chi connectivity index (χ0n) is 7.60.